The summed E-state index contributed by atoms with van der Waals surface area (Å²) in [4.78, 5) is 19.7. The number of nitrogens with one attached hydrogen (secondary N) is 1. The molecule has 2 aromatic rings. The zero-order valence-electron chi connectivity index (χ0n) is 10.4. The third-order valence-corrected chi connectivity index (χ3v) is 3.88. The van der Waals surface area contributed by atoms with E-state index in [1.54, 1.807) is 18.7 Å². The monoisotopic (exact) mass is 261 g/mol. The van der Waals surface area contributed by atoms with E-state index in [-0.39, 0.29) is 5.56 Å². The maximum atomic E-state index is 11.6. The lowest BCUT2D eigenvalue weighted by Crippen LogP contribution is -2.16. The van der Waals surface area contributed by atoms with Crippen LogP contribution < -0.4 is 11.3 Å². The number of hydrogen-bond acceptors (Lipinski definition) is 4. The van der Waals surface area contributed by atoms with Crippen LogP contribution in [0.4, 0.5) is 5.82 Å². The van der Waals surface area contributed by atoms with Gasteiger partial charge in [-0.3, -0.25) is 4.79 Å². The van der Waals surface area contributed by atoms with Crippen LogP contribution in [0.1, 0.15) is 17.0 Å². The first-order valence-electron chi connectivity index (χ1n) is 5.61. The summed E-state index contributed by atoms with van der Waals surface area (Å²) in [5.41, 5.74) is 7.20. The maximum absolute atomic E-state index is 11.6. The van der Waals surface area contributed by atoms with E-state index >= 15 is 0 Å². The molecular formula is C13H15N3OS. The number of hydrogen-bond donors (Lipinski definition) is 2. The summed E-state index contributed by atoms with van der Waals surface area (Å²) in [6, 6.07) is 8.11. The molecule has 0 fully saturated rings. The molecule has 2 rings (SSSR count). The first-order chi connectivity index (χ1) is 8.58. The summed E-state index contributed by atoms with van der Waals surface area (Å²) in [5, 5.41) is 0. The highest BCUT2D eigenvalue weighted by molar-refractivity contribution is 7.98. The summed E-state index contributed by atoms with van der Waals surface area (Å²) < 4.78 is 0. The van der Waals surface area contributed by atoms with Crippen LogP contribution in [0.3, 0.4) is 0 Å². The molecule has 1 heterocycles. The standard InChI is InChI=1S/C13H15N3OS/c1-8-5-3-4-6-10(8)18-7-11-15-12(14)9(2)13(17)16-11/h3-6H,7H2,1-2H3,(H3,14,15,16,17). The highest BCUT2D eigenvalue weighted by Gasteiger charge is 2.05. The van der Waals surface area contributed by atoms with Crippen molar-refractivity contribution in [3.05, 3.63) is 51.6 Å². The van der Waals surface area contributed by atoms with Gasteiger partial charge in [0.25, 0.3) is 5.56 Å². The van der Waals surface area contributed by atoms with Crippen LogP contribution in [0.15, 0.2) is 34.0 Å². The van der Waals surface area contributed by atoms with Gasteiger partial charge in [0.15, 0.2) is 0 Å². The first-order valence-corrected chi connectivity index (χ1v) is 6.60. The summed E-state index contributed by atoms with van der Waals surface area (Å²) in [5.74, 6) is 1.51. The highest BCUT2D eigenvalue weighted by Crippen LogP contribution is 2.24. The summed E-state index contributed by atoms with van der Waals surface area (Å²) in [6.45, 7) is 3.72. The number of H-pyrrole nitrogens is 1. The molecule has 5 heteroatoms. The van der Waals surface area contributed by atoms with Gasteiger partial charge >= 0.3 is 0 Å². The van der Waals surface area contributed by atoms with Crippen molar-refractivity contribution in [2.45, 2.75) is 24.5 Å². The molecule has 0 aliphatic rings. The van der Waals surface area contributed by atoms with Crippen molar-refractivity contribution in [2.24, 2.45) is 0 Å². The van der Waals surface area contributed by atoms with Gasteiger partial charge < -0.3 is 10.7 Å². The second kappa shape index (κ2) is 5.27. The topological polar surface area (TPSA) is 71.8 Å². The molecule has 0 radical (unpaired) electrons. The fourth-order valence-corrected chi connectivity index (χ4v) is 2.43. The number of aromatic amines is 1. The van der Waals surface area contributed by atoms with Gasteiger partial charge in [-0.25, -0.2) is 4.98 Å². The maximum Gasteiger partial charge on any atom is 0.255 e. The largest absolute Gasteiger partial charge is 0.383 e. The number of aryl methyl sites for hydroxylation is 1. The van der Waals surface area contributed by atoms with E-state index in [1.807, 2.05) is 12.1 Å². The van der Waals surface area contributed by atoms with Crippen LogP contribution in [0.5, 0.6) is 0 Å². The van der Waals surface area contributed by atoms with E-state index in [4.69, 9.17) is 5.73 Å². The number of benzene rings is 1. The summed E-state index contributed by atoms with van der Waals surface area (Å²) in [6.07, 6.45) is 0. The molecule has 0 saturated heterocycles. The Morgan fingerprint density at radius 2 is 2.06 bits per heavy atom. The lowest BCUT2D eigenvalue weighted by atomic mass is 10.2. The average Bonchev–Trinajstić information content (AvgIpc) is 2.35. The van der Waals surface area contributed by atoms with Crippen LogP contribution in [-0.4, -0.2) is 9.97 Å². The van der Waals surface area contributed by atoms with Crippen molar-refractivity contribution >= 4 is 17.6 Å². The van der Waals surface area contributed by atoms with Gasteiger partial charge in [-0.1, -0.05) is 18.2 Å². The quantitative estimate of drug-likeness (QED) is 0.831. The number of thioether (sulfide) groups is 1. The zero-order chi connectivity index (χ0) is 13.1. The van der Waals surface area contributed by atoms with Crippen LogP contribution in [0.25, 0.3) is 0 Å². The number of rotatable bonds is 3. The smallest absolute Gasteiger partial charge is 0.255 e. The van der Waals surface area contributed by atoms with Crippen LogP contribution >= 0.6 is 11.8 Å². The lowest BCUT2D eigenvalue weighted by molar-refractivity contribution is 0.988. The molecule has 0 aliphatic carbocycles. The molecule has 1 aromatic carbocycles. The molecule has 4 nitrogen and oxygen atoms in total. The zero-order valence-corrected chi connectivity index (χ0v) is 11.2. The SMILES string of the molecule is Cc1ccccc1SCc1nc(N)c(C)c(=O)[nH]1. The van der Waals surface area contributed by atoms with Gasteiger partial charge in [0.05, 0.1) is 11.3 Å². The molecule has 3 N–H and O–H groups in total. The van der Waals surface area contributed by atoms with Crippen molar-refractivity contribution in [2.75, 3.05) is 5.73 Å². The van der Waals surface area contributed by atoms with E-state index < -0.39 is 0 Å². The van der Waals surface area contributed by atoms with Gasteiger partial charge in [-0.05, 0) is 25.5 Å². The molecule has 18 heavy (non-hydrogen) atoms. The molecular weight excluding hydrogens is 246 g/mol. The molecule has 0 unspecified atom stereocenters. The van der Waals surface area contributed by atoms with Crippen LogP contribution in [0.2, 0.25) is 0 Å². The summed E-state index contributed by atoms with van der Waals surface area (Å²) >= 11 is 1.64. The van der Waals surface area contributed by atoms with Crippen molar-refractivity contribution in [1.29, 1.82) is 0 Å². The molecule has 0 aliphatic heterocycles. The van der Waals surface area contributed by atoms with Gasteiger partial charge in [0, 0.05) is 4.90 Å². The Balaban J connectivity index is 2.17. The predicted molar refractivity (Wildman–Crippen MR) is 74.7 cm³/mol. The van der Waals surface area contributed by atoms with Crippen molar-refractivity contribution in [3.63, 3.8) is 0 Å². The fraction of sp³-hybridized carbons (Fsp3) is 0.231. The second-order valence-corrected chi connectivity index (χ2v) is 5.09. The number of nitrogens with zero attached hydrogens (tertiary/aromatic N) is 1. The van der Waals surface area contributed by atoms with E-state index in [2.05, 4.69) is 29.0 Å². The van der Waals surface area contributed by atoms with Gasteiger partial charge in [0.2, 0.25) is 0 Å². The average molecular weight is 261 g/mol. The number of nitrogen functional groups attached to an aromatic ring is 1. The normalized spacial score (nSPS) is 10.6. The molecule has 0 saturated carbocycles. The molecule has 0 spiro atoms. The molecule has 0 amide bonds. The molecule has 0 atom stereocenters. The van der Waals surface area contributed by atoms with E-state index in [0.29, 0.717) is 23.0 Å². The Bertz CT molecular complexity index is 622. The van der Waals surface area contributed by atoms with Crippen molar-refractivity contribution in [1.82, 2.24) is 9.97 Å². The van der Waals surface area contributed by atoms with Crippen LogP contribution in [-0.2, 0) is 5.75 Å². The Kier molecular flexibility index (Phi) is 3.72. The molecule has 1 aromatic heterocycles. The third kappa shape index (κ3) is 2.73. The third-order valence-electron chi connectivity index (χ3n) is 2.70. The van der Waals surface area contributed by atoms with Crippen LogP contribution in [0, 0.1) is 13.8 Å². The Morgan fingerprint density at radius 1 is 1.33 bits per heavy atom. The Labute approximate surface area is 110 Å². The van der Waals surface area contributed by atoms with E-state index in [0.717, 1.165) is 0 Å². The minimum Gasteiger partial charge on any atom is -0.383 e. The summed E-state index contributed by atoms with van der Waals surface area (Å²) in [7, 11) is 0. The van der Waals surface area contributed by atoms with E-state index in [1.165, 1.54) is 10.5 Å². The lowest BCUT2D eigenvalue weighted by Gasteiger charge is -2.06. The minimum absolute atomic E-state index is 0.164. The number of anilines is 1. The van der Waals surface area contributed by atoms with Gasteiger partial charge in [0.1, 0.15) is 11.6 Å². The second-order valence-electron chi connectivity index (χ2n) is 4.08. The van der Waals surface area contributed by atoms with Gasteiger partial charge in [-0.15, -0.1) is 11.8 Å². The highest BCUT2D eigenvalue weighted by atomic mass is 32.2. The minimum atomic E-state index is -0.164. The predicted octanol–water partition coefficient (Wildman–Crippen LogP) is 2.26. The first kappa shape index (κ1) is 12.7. The molecule has 0 bridgehead atoms. The van der Waals surface area contributed by atoms with Gasteiger partial charge in [-0.2, -0.15) is 0 Å². The Morgan fingerprint density at radius 3 is 2.72 bits per heavy atom. The van der Waals surface area contributed by atoms with Crippen molar-refractivity contribution in [3.8, 4) is 0 Å². The van der Waals surface area contributed by atoms with E-state index in [9.17, 15) is 4.79 Å². The number of nitrogens with two attached hydrogens (primary N) is 1. The Hall–Kier alpha value is -1.75. The van der Waals surface area contributed by atoms with Crippen molar-refractivity contribution < 1.29 is 0 Å². The molecule has 94 valence electrons. The fourth-order valence-electron chi connectivity index (χ4n) is 1.53. The number of aromatic nitrogens is 2.